The molecule has 1 aromatic rings. The van der Waals surface area contributed by atoms with Crippen molar-refractivity contribution in [2.75, 3.05) is 6.54 Å². The molecule has 0 fully saturated rings. The van der Waals surface area contributed by atoms with Crippen molar-refractivity contribution >= 4 is 0 Å². The summed E-state index contributed by atoms with van der Waals surface area (Å²) in [5.41, 5.74) is 1.31. The maximum absolute atomic E-state index is 5.07. The van der Waals surface area contributed by atoms with Gasteiger partial charge in [-0.15, -0.1) is 0 Å². The van der Waals surface area contributed by atoms with E-state index in [0.29, 0.717) is 6.04 Å². The van der Waals surface area contributed by atoms with Crippen molar-refractivity contribution in [3.05, 3.63) is 24.2 Å². The van der Waals surface area contributed by atoms with Gasteiger partial charge in [0.1, 0.15) is 0 Å². The predicted octanol–water partition coefficient (Wildman–Crippen LogP) is 3.24. The molecule has 1 atom stereocenters. The van der Waals surface area contributed by atoms with Gasteiger partial charge in [0.15, 0.2) is 0 Å². The van der Waals surface area contributed by atoms with Crippen LogP contribution in [-0.4, -0.2) is 12.6 Å². The van der Waals surface area contributed by atoms with Gasteiger partial charge in [0.05, 0.1) is 12.5 Å². The Morgan fingerprint density at radius 2 is 2.20 bits per heavy atom. The highest BCUT2D eigenvalue weighted by Crippen LogP contribution is 2.12. The van der Waals surface area contributed by atoms with E-state index in [9.17, 15) is 0 Å². The van der Waals surface area contributed by atoms with Crippen LogP contribution in [0.25, 0.3) is 0 Å². The van der Waals surface area contributed by atoms with E-state index in [2.05, 4.69) is 32.2 Å². The van der Waals surface area contributed by atoms with Crippen LogP contribution in [0.4, 0.5) is 0 Å². The molecule has 1 unspecified atom stereocenters. The summed E-state index contributed by atoms with van der Waals surface area (Å²) in [6.45, 7) is 7.79. The molecule has 0 aliphatic carbocycles. The van der Waals surface area contributed by atoms with Gasteiger partial charge in [-0.3, -0.25) is 0 Å². The van der Waals surface area contributed by atoms with Gasteiger partial charge in [0.25, 0.3) is 0 Å². The zero-order chi connectivity index (χ0) is 11.1. The summed E-state index contributed by atoms with van der Waals surface area (Å²) in [6.07, 6.45) is 7.16. The van der Waals surface area contributed by atoms with Crippen LogP contribution in [0.5, 0.6) is 0 Å². The van der Waals surface area contributed by atoms with Gasteiger partial charge in [-0.05, 0) is 43.4 Å². The lowest BCUT2D eigenvalue weighted by Gasteiger charge is -2.19. The highest BCUT2D eigenvalue weighted by atomic mass is 16.3. The van der Waals surface area contributed by atoms with Crippen molar-refractivity contribution in [2.24, 2.45) is 5.92 Å². The topological polar surface area (TPSA) is 25.2 Å². The first-order chi connectivity index (χ1) is 7.22. The molecule has 1 aromatic heterocycles. The molecule has 15 heavy (non-hydrogen) atoms. The summed E-state index contributed by atoms with van der Waals surface area (Å²) in [7, 11) is 0. The van der Waals surface area contributed by atoms with E-state index >= 15 is 0 Å². The van der Waals surface area contributed by atoms with Gasteiger partial charge < -0.3 is 9.73 Å². The molecule has 2 nitrogen and oxygen atoms in total. The minimum atomic E-state index is 0.643. The maximum atomic E-state index is 5.07. The van der Waals surface area contributed by atoms with E-state index < -0.39 is 0 Å². The molecule has 0 aliphatic rings. The molecule has 0 radical (unpaired) electrons. The van der Waals surface area contributed by atoms with E-state index in [1.807, 2.05) is 6.26 Å². The van der Waals surface area contributed by atoms with Crippen LogP contribution in [0.3, 0.4) is 0 Å². The summed E-state index contributed by atoms with van der Waals surface area (Å²) in [4.78, 5) is 0. The summed E-state index contributed by atoms with van der Waals surface area (Å²) >= 11 is 0. The molecule has 0 amide bonds. The first kappa shape index (κ1) is 12.3. The Balaban J connectivity index is 2.30. The fourth-order valence-corrected chi connectivity index (χ4v) is 1.94. The average molecular weight is 209 g/mol. The lowest BCUT2D eigenvalue weighted by atomic mass is 9.98. The lowest BCUT2D eigenvalue weighted by molar-refractivity contribution is 0.405. The Bertz CT molecular complexity index is 241. The van der Waals surface area contributed by atoms with Gasteiger partial charge in [0, 0.05) is 6.04 Å². The minimum absolute atomic E-state index is 0.643. The first-order valence-electron chi connectivity index (χ1n) is 5.96. The third-order valence-corrected chi connectivity index (χ3v) is 2.61. The van der Waals surface area contributed by atoms with Crippen LogP contribution in [-0.2, 0) is 6.42 Å². The summed E-state index contributed by atoms with van der Waals surface area (Å²) in [6, 6.07) is 2.70. The van der Waals surface area contributed by atoms with Gasteiger partial charge >= 0.3 is 0 Å². The van der Waals surface area contributed by atoms with Crippen LogP contribution < -0.4 is 5.32 Å². The van der Waals surface area contributed by atoms with Crippen LogP contribution in [0.15, 0.2) is 23.0 Å². The van der Waals surface area contributed by atoms with E-state index in [4.69, 9.17) is 4.42 Å². The number of hydrogen-bond acceptors (Lipinski definition) is 2. The zero-order valence-corrected chi connectivity index (χ0v) is 10.1. The molecule has 0 aromatic carbocycles. The number of nitrogens with one attached hydrogen (secondary N) is 1. The van der Waals surface area contributed by atoms with Crippen molar-refractivity contribution in [1.29, 1.82) is 0 Å². The van der Waals surface area contributed by atoms with Crippen molar-refractivity contribution in [2.45, 2.75) is 46.1 Å². The fraction of sp³-hybridized carbons (Fsp3) is 0.692. The van der Waals surface area contributed by atoms with Crippen molar-refractivity contribution < 1.29 is 4.42 Å². The Kier molecular flexibility index (Phi) is 5.48. The van der Waals surface area contributed by atoms with Crippen molar-refractivity contribution in [3.8, 4) is 0 Å². The normalized spacial score (nSPS) is 13.3. The summed E-state index contributed by atoms with van der Waals surface area (Å²) < 4.78 is 5.07. The van der Waals surface area contributed by atoms with E-state index in [1.54, 1.807) is 6.26 Å². The van der Waals surface area contributed by atoms with Crippen LogP contribution in [0.1, 0.15) is 39.2 Å². The van der Waals surface area contributed by atoms with E-state index in [1.165, 1.54) is 18.4 Å². The Morgan fingerprint density at radius 1 is 1.40 bits per heavy atom. The second kappa shape index (κ2) is 6.67. The molecule has 2 heteroatoms. The first-order valence-corrected chi connectivity index (χ1v) is 5.96. The molecule has 86 valence electrons. The van der Waals surface area contributed by atoms with E-state index in [-0.39, 0.29) is 0 Å². The molecular weight excluding hydrogens is 186 g/mol. The molecule has 0 saturated carbocycles. The average Bonchev–Trinajstić information content (AvgIpc) is 2.66. The highest BCUT2D eigenvalue weighted by molar-refractivity contribution is 5.05. The summed E-state index contributed by atoms with van der Waals surface area (Å²) in [5.74, 6) is 0.762. The van der Waals surface area contributed by atoms with Gasteiger partial charge in [-0.1, -0.05) is 20.8 Å². The van der Waals surface area contributed by atoms with E-state index in [0.717, 1.165) is 18.9 Å². The molecule has 1 rings (SSSR count). The standard InChI is InChI=1S/C13H23NO/c1-4-14-13(9-11(2)3)6-5-12-7-8-15-10-12/h7-8,10-11,13-14H,4-6,9H2,1-3H3. The summed E-state index contributed by atoms with van der Waals surface area (Å²) in [5, 5.41) is 3.55. The molecular formula is C13H23NO. The van der Waals surface area contributed by atoms with Gasteiger partial charge in [-0.2, -0.15) is 0 Å². The van der Waals surface area contributed by atoms with Crippen molar-refractivity contribution in [1.82, 2.24) is 5.32 Å². The minimum Gasteiger partial charge on any atom is -0.472 e. The van der Waals surface area contributed by atoms with Gasteiger partial charge in [-0.25, -0.2) is 0 Å². The zero-order valence-electron chi connectivity index (χ0n) is 10.1. The van der Waals surface area contributed by atoms with Crippen molar-refractivity contribution in [3.63, 3.8) is 0 Å². The molecule has 0 bridgehead atoms. The molecule has 0 saturated heterocycles. The van der Waals surface area contributed by atoms with Crippen LogP contribution in [0.2, 0.25) is 0 Å². The SMILES string of the molecule is CCNC(CCc1ccoc1)CC(C)C. The molecule has 1 heterocycles. The second-order valence-electron chi connectivity index (χ2n) is 4.55. The number of hydrogen-bond donors (Lipinski definition) is 1. The quantitative estimate of drug-likeness (QED) is 0.745. The third kappa shape index (κ3) is 5.03. The molecule has 0 spiro atoms. The number of aryl methyl sites for hydroxylation is 1. The third-order valence-electron chi connectivity index (χ3n) is 2.61. The smallest absolute Gasteiger partial charge is 0.0934 e. The lowest BCUT2D eigenvalue weighted by Crippen LogP contribution is -2.30. The monoisotopic (exact) mass is 209 g/mol. The van der Waals surface area contributed by atoms with Gasteiger partial charge in [0.2, 0.25) is 0 Å². The largest absolute Gasteiger partial charge is 0.472 e. The molecule has 1 N–H and O–H groups in total. The van der Waals surface area contributed by atoms with Crippen LogP contribution >= 0.6 is 0 Å². The Labute approximate surface area is 93.1 Å². The predicted molar refractivity (Wildman–Crippen MR) is 63.9 cm³/mol. The molecule has 0 aliphatic heterocycles. The second-order valence-corrected chi connectivity index (χ2v) is 4.55. The fourth-order valence-electron chi connectivity index (χ4n) is 1.94. The number of rotatable bonds is 7. The number of furan rings is 1. The maximum Gasteiger partial charge on any atom is 0.0934 e. The highest BCUT2D eigenvalue weighted by Gasteiger charge is 2.09. The Hall–Kier alpha value is -0.760. The Morgan fingerprint density at radius 3 is 2.73 bits per heavy atom. The van der Waals surface area contributed by atoms with Crippen LogP contribution in [0, 0.1) is 5.92 Å².